The van der Waals surface area contributed by atoms with E-state index in [0.29, 0.717) is 12.0 Å². The van der Waals surface area contributed by atoms with Gasteiger partial charge in [-0.1, -0.05) is 44.2 Å². The Morgan fingerprint density at radius 1 is 1.22 bits per heavy atom. The Morgan fingerprint density at radius 2 is 1.78 bits per heavy atom. The molecule has 2 nitrogen and oxygen atoms in total. The lowest BCUT2D eigenvalue weighted by Gasteiger charge is -2.34. The quantitative estimate of drug-likeness (QED) is 0.720. The van der Waals surface area contributed by atoms with Gasteiger partial charge in [-0.2, -0.15) is 0 Å². The van der Waals surface area contributed by atoms with E-state index in [0.717, 1.165) is 18.4 Å². The molecule has 0 fully saturated rings. The SMILES string of the molecule is CC(C)C(C)N(C)CC(C)(C=O)c1ccccc1. The van der Waals surface area contributed by atoms with Crippen molar-refractivity contribution in [1.29, 1.82) is 0 Å². The number of rotatable bonds is 6. The molecule has 100 valence electrons. The number of aldehydes is 1. The van der Waals surface area contributed by atoms with Crippen LogP contribution in [0.2, 0.25) is 0 Å². The predicted octanol–water partition coefficient (Wildman–Crippen LogP) is 3.12. The van der Waals surface area contributed by atoms with Gasteiger partial charge in [0.2, 0.25) is 0 Å². The lowest BCUT2D eigenvalue weighted by Crippen LogP contribution is -2.43. The monoisotopic (exact) mass is 247 g/mol. The first kappa shape index (κ1) is 14.9. The molecule has 0 radical (unpaired) electrons. The van der Waals surface area contributed by atoms with Gasteiger partial charge in [-0.15, -0.1) is 0 Å². The topological polar surface area (TPSA) is 20.3 Å². The smallest absolute Gasteiger partial charge is 0.131 e. The van der Waals surface area contributed by atoms with Gasteiger partial charge in [-0.05, 0) is 32.4 Å². The van der Waals surface area contributed by atoms with E-state index in [1.807, 2.05) is 37.3 Å². The zero-order valence-electron chi connectivity index (χ0n) is 12.2. The third-order valence-electron chi connectivity index (χ3n) is 3.93. The van der Waals surface area contributed by atoms with Crippen LogP contribution in [0, 0.1) is 5.92 Å². The van der Waals surface area contributed by atoms with Crippen LogP contribution in [0.4, 0.5) is 0 Å². The molecule has 0 aliphatic heterocycles. The molecule has 0 bridgehead atoms. The van der Waals surface area contributed by atoms with Crippen molar-refractivity contribution in [2.45, 2.75) is 39.2 Å². The minimum absolute atomic E-state index is 0.431. The highest BCUT2D eigenvalue weighted by Crippen LogP contribution is 2.24. The van der Waals surface area contributed by atoms with Crippen molar-refractivity contribution in [1.82, 2.24) is 4.90 Å². The first-order chi connectivity index (χ1) is 8.40. The maximum absolute atomic E-state index is 11.5. The van der Waals surface area contributed by atoms with E-state index in [2.05, 4.69) is 32.7 Å². The van der Waals surface area contributed by atoms with E-state index >= 15 is 0 Å². The van der Waals surface area contributed by atoms with Crippen LogP contribution in [0.3, 0.4) is 0 Å². The molecule has 0 N–H and O–H groups in total. The van der Waals surface area contributed by atoms with E-state index in [-0.39, 0.29) is 0 Å². The van der Waals surface area contributed by atoms with Gasteiger partial charge in [0.25, 0.3) is 0 Å². The molecule has 2 heteroatoms. The number of benzene rings is 1. The summed E-state index contributed by atoms with van der Waals surface area (Å²) in [7, 11) is 2.09. The summed E-state index contributed by atoms with van der Waals surface area (Å²) in [6.45, 7) is 9.39. The second-order valence-corrected chi connectivity index (χ2v) is 5.80. The van der Waals surface area contributed by atoms with Crippen molar-refractivity contribution >= 4 is 6.29 Å². The zero-order valence-corrected chi connectivity index (χ0v) is 12.2. The largest absolute Gasteiger partial charge is 0.302 e. The van der Waals surface area contributed by atoms with Crippen LogP contribution >= 0.6 is 0 Å². The Balaban J connectivity index is 2.87. The summed E-state index contributed by atoms with van der Waals surface area (Å²) < 4.78 is 0. The number of hydrogen-bond acceptors (Lipinski definition) is 2. The fourth-order valence-corrected chi connectivity index (χ4v) is 2.19. The maximum Gasteiger partial charge on any atom is 0.131 e. The molecule has 0 aromatic heterocycles. The van der Waals surface area contributed by atoms with Gasteiger partial charge in [0.05, 0.1) is 5.41 Å². The van der Waals surface area contributed by atoms with Crippen LogP contribution < -0.4 is 0 Å². The van der Waals surface area contributed by atoms with Gasteiger partial charge < -0.3 is 9.69 Å². The van der Waals surface area contributed by atoms with Gasteiger partial charge in [-0.25, -0.2) is 0 Å². The first-order valence-corrected chi connectivity index (χ1v) is 6.63. The molecule has 0 saturated carbocycles. The highest BCUT2D eigenvalue weighted by molar-refractivity contribution is 5.68. The van der Waals surface area contributed by atoms with Crippen LogP contribution in [0.25, 0.3) is 0 Å². The van der Waals surface area contributed by atoms with Crippen LogP contribution in [0.1, 0.15) is 33.3 Å². The number of nitrogens with zero attached hydrogens (tertiary/aromatic N) is 1. The van der Waals surface area contributed by atoms with Crippen molar-refractivity contribution < 1.29 is 4.79 Å². The molecule has 1 rings (SSSR count). The van der Waals surface area contributed by atoms with Gasteiger partial charge in [0.15, 0.2) is 0 Å². The van der Waals surface area contributed by atoms with E-state index in [4.69, 9.17) is 0 Å². The minimum Gasteiger partial charge on any atom is -0.302 e. The number of carbonyl (C=O) groups excluding carboxylic acids is 1. The number of hydrogen-bond donors (Lipinski definition) is 0. The highest BCUT2D eigenvalue weighted by Gasteiger charge is 2.29. The second kappa shape index (κ2) is 6.14. The van der Waals surface area contributed by atoms with E-state index in [9.17, 15) is 4.79 Å². The summed E-state index contributed by atoms with van der Waals surface area (Å²) in [5.74, 6) is 0.585. The Hall–Kier alpha value is -1.15. The summed E-state index contributed by atoms with van der Waals surface area (Å²) in [5.41, 5.74) is 0.655. The first-order valence-electron chi connectivity index (χ1n) is 6.63. The molecule has 2 atom stereocenters. The van der Waals surface area contributed by atoms with E-state index < -0.39 is 5.41 Å². The van der Waals surface area contributed by atoms with Crippen molar-refractivity contribution in [3.8, 4) is 0 Å². The Morgan fingerprint density at radius 3 is 2.22 bits per heavy atom. The van der Waals surface area contributed by atoms with Crippen molar-refractivity contribution in [3.63, 3.8) is 0 Å². The average Bonchev–Trinajstić information content (AvgIpc) is 2.38. The lowest BCUT2D eigenvalue weighted by atomic mass is 9.83. The molecule has 0 aliphatic carbocycles. The third-order valence-corrected chi connectivity index (χ3v) is 3.93. The molecule has 18 heavy (non-hydrogen) atoms. The van der Waals surface area contributed by atoms with Crippen molar-refractivity contribution in [2.24, 2.45) is 5.92 Å². The highest BCUT2D eigenvalue weighted by atomic mass is 16.1. The predicted molar refractivity (Wildman–Crippen MR) is 76.8 cm³/mol. The normalized spacial score (nSPS) is 16.6. The Kier molecular flexibility index (Phi) is 5.09. The molecular weight excluding hydrogens is 222 g/mol. The average molecular weight is 247 g/mol. The summed E-state index contributed by atoms with van der Waals surface area (Å²) >= 11 is 0. The fourth-order valence-electron chi connectivity index (χ4n) is 2.19. The van der Waals surface area contributed by atoms with E-state index in [1.165, 1.54) is 0 Å². The lowest BCUT2D eigenvalue weighted by molar-refractivity contribution is -0.112. The number of carbonyl (C=O) groups is 1. The third kappa shape index (κ3) is 3.42. The van der Waals surface area contributed by atoms with Crippen LogP contribution in [-0.4, -0.2) is 30.8 Å². The molecule has 2 unspecified atom stereocenters. The molecule has 1 aromatic rings. The van der Waals surface area contributed by atoms with Crippen LogP contribution in [0.5, 0.6) is 0 Å². The molecule has 0 aliphatic rings. The molecule has 0 saturated heterocycles. The maximum atomic E-state index is 11.5. The molecule has 0 heterocycles. The molecule has 0 amide bonds. The van der Waals surface area contributed by atoms with Crippen LogP contribution in [-0.2, 0) is 10.2 Å². The molecular formula is C16H25NO. The zero-order chi connectivity index (χ0) is 13.8. The second-order valence-electron chi connectivity index (χ2n) is 5.80. The van der Waals surface area contributed by atoms with E-state index in [1.54, 1.807) is 0 Å². The van der Waals surface area contributed by atoms with Gasteiger partial charge in [0.1, 0.15) is 6.29 Å². The molecule has 1 aromatic carbocycles. The summed E-state index contributed by atoms with van der Waals surface area (Å²) in [5, 5.41) is 0. The standard InChI is InChI=1S/C16H25NO/c1-13(2)14(3)17(5)11-16(4,12-18)15-9-7-6-8-10-15/h6-10,12-14H,11H2,1-5H3. The van der Waals surface area contributed by atoms with Gasteiger partial charge >= 0.3 is 0 Å². The summed E-state index contributed by atoms with van der Waals surface area (Å²) in [4.78, 5) is 13.8. The minimum atomic E-state index is -0.431. The van der Waals surface area contributed by atoms with Crippen LogP contribution in [0.15, 0.2) is 30.3 Å². The Bertz CT molecular complexity index is 374. The fraction of sp³-hybridized carbons (Fsp3) is 0.562. The summed E-state index contributed by atoms with van der Waals surface area (Å²) in [6.07, 6.45) is 1.08. The molecule has 0 spiro atoms. The Labute approximate surface area is 111 Å². The van der Waals surface area contributed by atoms with Gasteiger partial charge in [-0.3, -0.25) is 0 Å². The van der Waals surface area contributed by atoms with Gasteiger partial charge in [0, 0.05) is 12.6 Å². The van der Waals surface area contributed by atoms with Crippen molar-refractivity contribution in [3.05, 3.63) is 35.9 Å². The van der Waals surface area contributed by atoms with Crippen molar-refractivity contribution in [2.75, 3.05) is 13.6 Å². The summed E-state index contributed by atoms with van der Waals surface area (Å²) in [6, 6.07) is 10.5. The number of likely N-dealkylation sites (N-methyl/N-ethyl adjacent to an activating group) is 1.